The van der Waals surface area contributed by atoms with E-state index in [-0.39, 0.29) is 64.1 Å². The van der Waals surface area contributed by atoms with E-state index in [1.165, 1.54) is 159 Å². The predicted molar refractivity (Wildman–Crippen MR) is 501 cm³/mol. The summed E-state index contributed by atoms with van der Waals surface area (Å²) in [6.07, 6.45) is 13.2. The minimum absolute atomic E-state index is 0. The molecule has 0 unspecified atom stereocenters. The molecule has 12 nitrogen and oxygen atoms in total. The Balaban J connectivity index is 0.000000371. The number of nitrogens with zero attached hydrogens (tertiary/aromatic N) is 12. The largest absolute Gasteiger partial charge is 1.00 e. The molecule has 0 spiro atoms. The topological polar surface area (TPSA) is 38.9 Å². The molecule has 13 rings (SSSR count). The van der Waals surface area contributed by atoms with Crippen LogP contribution in [0.4, 0.5) is 58.4 Å². The maximum atomic E-state index is 9.67. The highest BCUT2D eigenvalue weighted by atomic mass is 35.5. The first kappa shape index (κ1) is 107. The molecule has 0 aromatic heterocycles. The number of halogens is 7. The van der Waals surface area contributed by atoms with Crippen molar-refractivity contribution < 1.29 is 54.9 Å². The number of rotatable bonds is 6. The van der Waals surface area contributed by atoms with Gasteiger partial charge in [0.1, 0.15) is 0 Å². The van der Waals surface area contributed by atoms with E-state index in [2.05, 4.69) is 442 Å². The van der Waals surface area contributed by atoms with Crippen LogP contribution in [0.1, 0.15) is 225 Å². The lowest BCUT2D eigenvalue weighted by Gasteiger charge is -2.38. The first-order valence-electron chi connectivity index (χ1n) is 42.1. The van der Waals surface area contributed by atoms with Crippen molar-refractivity contribution in [2.45, 2.75) is 282 Å². The van der Waals surface area contributed by atoms with E-state index in [1.54, 1.807) is 0 Å². The van der Waals surface area contributed by atoms with Gasteiger partial charge in [-0.2, -0.15) is 0 Å². The van der Waals surface area contributed by atoms with Crippen molar-refractivity contribution >= 4 is 53.0 Å². The molecule has 20 heteroatoms. The van der Waals surface area contributed by atoms with Crippen LogP contribution in [0.15, 0.2) is 134 Å². The minimum atomic E-state index is -3.67. The Morgan fingerprint density at radius 2 is 0.458 bits per heavy atom. The van der Waals surface area contributed by atoms with Crippen molar-refractivity contribution in [2.24, 2.45) is 0 Å². The number of fused-ring (bicyclic) bond motifs is 1. The first-order valence-corrected chi connectivity index (χ1v) is 42.1. The van der Waals surface area contributed by atoms with E-state index in [0.29, 0.717) is 11.1 Å². The third-order valence-corrected chi connectivity index (χ3v) is 22.7. The summed E-state index contributed by atoms with van der Waals surface area (Å²) in [4.78, 5) is 29.2. The third kappa shape index (κ3) is 28.2. The quantitative estimate of drug-likeness (QED) is 0.118. The number of anilines is 8. The maximum absolute atomic E-state index is 9.67. The Morgan fingerprint density at radius 3 is 0.633 bits per heavy atom. The molecule has 0 saturated carbocycles. The highest BCUT2D eigenvalue weighted by Gasteiger charge is 2.38. The summed E-state index contributed by atoms with van der Waals surface area (Å²) in [5.41, 5.74) is 36.6. The molecule has 0 atom stereocenters. The number of benzene rings is 7. The number of para-hydroxylation sites is 2. The van der Waals surface area contributed by atoms with Crippen molar-refractivity contribution in [3.05, 3.63) is 234 Å². The zero-order valence-electron chi connectivity index (χ0n) is 80.4. The Hall–Kier alpha value is -7.67. The van der Waals surface area contributed by atoms with Crippen LogP contribution in [0.5, 0.6) is 0 Å². The van der Waals surface area contributed by atoms with Crippen LogP contribution < -0.4 is 81.1 Å². The van der Waals surface area contributed by atoms with Gasteiger partial charge < -0.3 is 90.9 Å². The van der Waals surface area contributed by atoms with E-state index in [4.69, 9.17) is 0 Å². The molecular formula is C100H150BCl3F4N12-4. The van der Waals surface area contributed by atoms with Gasteiger partial charge in [-0.3, -0.25) is 22.7 Å². The first-order chi connectivity index (χ1) is 53.5. The van der Waals surface area contributed by atoms with Gasteiger partial charge in [-0.25, -0.2) is 0 Å². The van der Waals surface area contributed by atoms with Gasteiger partial charge in [0.2, 0.25) is 0 Å². The number of hydrogen-bond donors (Lipinski definition) is 0. The van der Waals surface area contributed by atoms with Crippen molar-refractivity contribution in [3.63, 3.8) is 0 Å². The Kier molecular flexibility index (Phi) is 38.3. The highest BCUT2D eigenvalue weighted by molar-refractivity contribution is 6.33. The Morgan fingerprint density at radius 1 is 0.250 bits per heavy atom. The monoisotopic (exact) mass is 1710 g/mol. The molecule has 7 aromatic carbocycles. The average Bonchev–Trinajstić information content (AvgIpc) is 1.62. The highest BCUT2D eigenvalue weighted by Crippen LogP contribution is 2.44. The molecule has 7 aromatic rings. The van der Waals surface area contributed by atoms with Crippen LogP contribution in [0.25, 0.3) is 0 Å². The summed E-state index contributed by atoms with van der Waals surface area (Å²) >= 11 is 0. The van der Waals surface area contributed by atoms with Gasteiger partial charge in [-0.05, 0) is 328 Å². The van der Waals surface area contributed by atoms with Crippen molar-refractivity contribution in [1.82, 2.24) is 19.6 Å². The molecule has 6 aliphatic rings. The van der Waals surface area contributed by atoms with Crippen LogP contribution in [0.2, 0.25) is 0 Å². The molecule has 6 aliphatic heterocycles. The second kappa shape index (κ2) is 43.1. The fraction of sp³-hybridized carbons (Fsp3) is 0.520. The van der Waals surface area contributed by atoms with Crippen molar-refractivity contribution in [3.8, 4) is 0 Å². The molecule has 120 heavy (non-hydrogen) atoms. The molecule has 2 saturated heterocycles. The summed E-state index contributed by atoms with van der Waals surface area (Å²) in [5.74, 6) is 0. The fourth-order valence-corrected chi connectivity index (χ4v) is 17.6. The number of hydrogen-bond acceptors (Lipinski definition) is 12. The van der Waals surface area contributed by atoms with E-state index in [0.717, 1.165) is 53.1 Å². The van der Waals surface area contributed by atoms with Crippen LogP contribution in [0.3, 0.4) is 0 Å². The van der Waals surface area contributed by atoms with E-state index in [1.807, 2.05) is 0 Å². The second-order valence-corrected chi connectivity index (χ2v) is 39.7. The zero-order chi connectivity index (χ0) is 87.1. The van der Waals surface area contributed by atoms with E-state index >= 15 is 0 Å². The maximum Gasteiger partial charge on any atom is 0.762 e. The Labute approximate surface area is 745 Å². The molecule has 0 amide bonds. The summed E-state index contributed by atoms with van der Waals surface area (Å²) in [6.45, 7) is 90.8. The van der Waals surface area contributed by atoms with Crippen LogP contribution in [-0.4, -0.2) is 127 Å². The lowest BCUT2D eigenvalue weighted by atomic mass is 10.0. The summed E-state index contributed by atoms with van der Waals surface area (Å²) < 4.78 is 29.0. The van der Waals surface area contributed by atoms with Gasteiger partial charge in [0, 0.05) is 131 Å². The predicted octanol–water partition coefficient (Wildman–Crippen LogP) is 13.0. The lowest BCUT2D eigenvalue weighted by molar-refractivity contribution is -0.00100. The molecule has 6 heterocycles. The van der Waals surface area contributed by atoms with Gasteiger partial charge in [-0.15, -0.1) is 0 Å². The molecule has 0 N–H and O–H groups in total. The zero-order valence-corrected chi connectivity index (χ0v) is 82.6. The average molecular weight is 1710 g/mol. The van der Waals surface area contributed by atoms with Gasteiger partial charge >= 0.3 is 7.54 Å². The van der Waals surface area contributed by atoms with E-state index < -0.39 is 7.54 Å². The number of aryl methyl sites for hydroxylation is 18. The molecule has 666 valence electrons. The molecule has 0 radical (unpaired) electrons. The normalized spacial score (nSPS) is 15.2. The van der Waals surface area contributed by atoms with Gasteiger partial charge in [0.25, 0.3) is 0 Å². The van der Waals surface area contributed by atoms with Crippen LogP contribution in [-0.2, 0) is 0 Å². The smallest absolute Gasteiger partial charge is 0.762 e. The van der Waals surface area contributed by atoms with Crippen molar-refractivity contribution in [2.75, 3.05) is 105 Å². The lowest BCUT2D eigenvalue weighted by Crippen LogP contribution is -3.00. The SMILES string of the molecule is CC(C)(C)N1C=CN(C(C)(C)C)C1.CC(C)(C)N1CCN(C(C)(C)C)C1.CC(C)(C)N1CN(C(C)(C)C)c2ccccc21.Cc1cc(C)c(N2C=CN(c3c(C)cc(C)cc3C)C2)c(C)c1.Cc1cc(C)c(N2C=CN(c3c(C)cc(C)cc3C)C2)c(C)c1.Cc1cc(C)c(N2CCN(c3c(C)cc(C)cc3C)C2)c(C)c1.FB(F)F.[Cl-].[Cl-].[Cl-].[F-]. The van der Waals surface area contributed by atoms with Crippen LogP contribution in [0, 0.1) is 125 Å². The Bertz CT molecular complexity index is 4060. The summed E-state index contributed by atoms with van der Waals surface area (Å²) in [5, 5.41) is 0. The van der Waals surface area contributed by atoms with Crippen LogP contribution >= 0.6 is 0 Å². The minimum Gasteiger partial charge on any atom is -1.00 e. The summed E-state index contributed by atoms with van der Waals surface area (Å²) in [7, 11) is -3.67. The standard InChI is InChI=1S/C21H28N2.2C21H26N2.C15H24N2.C11H24N2.C11H22N2.BF3.3ClH.FH/c3*1-14-9-16(3)20(17(4)10-14)22-7-8-23(13-22)21-18(5)11-15(2)12-19(21)6;1-14(2,3)16-11-17(15(4,5)6)13-10-8-7-9-12(13)16;2*1-10(2,3)12-7-8-13(9-12)11(4,5)6;2-1(3)4;;;;/h9-12H,7-8,13H2,1-6H3;2*7-12H,13H2,1-6H3;7-10H,11H2,1-6H3;7-9H2,1-6H3;7-8H,9H2,1-6H3;;4*1H/p-4. The van der Waals surface area contributed by atoms with E-state index in [9.17, 15) is 12.9 Å². The molecule has 2 fully saturated rings. The van der Waals surface area contributed by atoms with Gasteiger partial charge in [0.15, 0.2) is 0 Å². The van der Waals surface area contributed by atoms with Gasteiger partial charge in [-0.1, -0.05) is 118 Å². The summed E-state index contributed by atoms with van der Waals surface area (Å²) in [6, 6.07) is 36.0. The fourth-order valence-electron chi connectivity index (χ4n) is 17.6. The molecule has 0 aliphatic carbocycles. The molecule has 0 bridgehead atoms. The third-order valence-electron chi connectivity index (χ3n) is 22.7. The second-order valence-electron chi connectivity index (χ2n) is 39.7. The van der Waals surface area contributed by atoms with Crippen molar-refractivity contribution in [1.29, 1.82) is 0 Å². The van der Waals surface area contributed by atoms with Gasteiger partial charge in [0.05, 0.1) is 51.4 Å². The molecular weight excluding hydrogens is 1560 g/mol.